The Morgan fingerprint density at radius 2 is 2.08 bits per heavy atom. The molecule has 68 valence electrons. The third-order valence-corrected chi connectivity index (χ3v) is 2.50. The highest BCUT2D eigenvalue weighted by molar-refractivity contribution is 7.99. The molecule has 0 saturated heterocycles. The van der Waals surface area contributed by atoms with Crippen molar-refractivity contribution in [2.24, 2.45) is 0 Å². The molecular formula is C9H12BNOS. The second kappa shape index (κ2) is 5.70. The summed E-state index contributed by atoms with van der Waals surface area (Å²) in [5.41, 5.74) is 0. The van der Waals surface area contributed by atoms with Crippen LogP contribution >= 0.6 is 11.8 Å². The summed E-state index contributed by atoms with van der Waals surface area (Å²) in [6.07, 6.45) is 0. The molecule has 1 aromatic rings. The molecule has 0 bridgehead atoms. The zero-order valence-electron chi connectivity index (χ0n) is 7.62. The summed E-state index contributed by atoms with van der Waals surface area (Å²) in [5.74, 6) is 0.956. The predicted octanol–water partition coefficient (Wildman–Crippen LogP) is 1.12. The monoisotopic (exact) mass is 193 g/mol. The lowest BCUT2D eigenvalue weighted by atomic mass is 10.1. The molecule has 0 atom stereocenters. The van der Waals surface area contributed by atoms with E-state index in [2.05, 4.69) is 17.4 Å². The highest BCUT2D eigenvalue weighted by atomic mass is 32.2. The molecule has 1 N–H and O–H groups in total. The highest BCUT2D eigenvalue weighted by Gasteiger charge is 1.92. The molecule has 0 saturated carbocycles. The normalized spacial score (nSPS) is 9.54. The van der Waals surface area contributed by atoms with Crippen molar-refractivity contribution in [2.45, 2.75) is 4.90 Å². The van der Waals surface area contributed by atoms with Gasteiger partial charge in [-0.2, -0.15) is 0 Å². The second-order valence-electron chi connectivity index (χ2n) is 2.64. The van der Waals surface area contributed by atoms with Crippen molar-refractivity contribution < 1.29 is 4.79 Å². The SMILES string of the molecule is BC(=O)NCCSc1ccccc1. The molecule has 0 radical (unpaired) electrons. The van der Waals surface area contributed by atoms with Crippen LogP contribution in [0.3, 0.4) is 0 Å². The van der Waals surface area contributed by atoms with Gasteiger partial charge < -0.3 is 5.32 Å². The molecule has 0 spiro atoms. The van der Waals surface area contributed by atoms with E-state index in [1.165, 1.54) is 12.7 Å². The molecule has 0 unspecified atom stereocenters. The Balaban J connectivity index is 2.17. The fourth-order valence-electron chi connectivity index (χ4n) is 0.913. The molecule has 0 heterocycles. The lowest BCUT2D eigenvalue weighted by Gasteiger charge is -2.01. The quantitative estimate of drug-likeness (QED) is 0.441. The largest absolute Gasteiger partial charge is 0.365 e. The van der Waals surface area contributed by atoms with Gasteiger partial charge >= 0.3 is 0 Å². The Kier molecular flexibility index (Phi) is 4.47. The predicted molar refractivity (Wildman–Crippen MR) is 59.1 cm³/mol. The smallest absolute Gasteiger partial charge is 0.215 e. The molecule has 13 heavy (non-hydrogen) atoms. The molecule has 0 aliphatic rings. The summed E-state index contributed by atoms with van der Waals surface area (Å²) in [6, 6.07) is 10.2. The van der Waals surface area contributed by atoms with Gasteiger partial charge in [-0.25, -0.2) is 0 Å². The van der Waals surface area contributed by atoms with Crippen LogP contribution in [-0.4, -0.2) is 26.0 Å². The van der Waals surface area contributed by atoms with Crippen LogP contribution in [0.1, 0.15) is 0 Å². The number of benzene rings is 1. The second-order valence-corrected chi connectivity index (χ2v) is 3.81. The number of carbonyl (C=O) groups is 1. The van der Waals surface area contributed by atoms with Gasteiger partial charge in [0.15, 0.2) is 5.81 Å². The van der Waals surface area contributed by atoms with Gasteiger partial charge in [-0.3, -0.25) is 4.79 Å². The first kappa shape index (κ1) is 10.2. The van der Waals surface area contributed by atoms with Crippen LogP contribution in [0.4, 0.5) is 4.79 Å². The molecule has 2 nitrogen and oxygen atoms in total. The number of rotatable bonds is 4. The average Bonchev–Trinajstić information content (AvgIpc) is 2.14. The zero-order chi connectivity index (χ0) is 9.52. The number of nitrogens with one attached hydrogen (secondary N) is 1. The lowest BCUT2D eigenvalue weighted by Crippen LogP contribution is -2.23. The van der Waals surface area contributed by atoms with Gasteiger partial charge in [0.1, 0.15) is 0 Å². The van der Waals surface area contributed by atoms with Gasteiger partial charge in [-0.05, 0) is 12.1 Å². The van der Waals surface area contributed by atoms with E-state index >= 15 is 0 Å². The van der Waals surface area contributed by atoms with Crippen molar-refractivity contribution in [3.8, 4) is 0 Å². The van der Waals surface area contributed by atoms with E-state index < -0.39 is 0 Å². The topological polar surface area (TPSA) is 29.1 Å². The summed E-state index contributed by atoms with van der Waals surface area (Å²) < 4.78 is 0. The van der Waals surface area contributed by atoms with Crippen molar-refractivity contribution in [3.05, 3.63) is 30.3 Å². The number of carbonyl (C=O) groups excluding carboxylic acids is 1. The third-order valence-electron chi connectivity index (χ3n) is 1.49. The highest BCUT2D eigenvalue weighted by Crippen LogP contribution is 2.15. The summed E-state index contributed by atoms with van der Waals surface area (Å²) in [5, 5.41) is 2.76. The minimum Gasteiger partial charge on any atom is -0.365 e. The maximum absolute atomic E-state index is 10.5. The fourth-order valence-corrected chi connectivity index (χ4v) is 1.70. The lowest BCUT2D eigenvalue weighted by molar-refractivity contribution is 0.260. The minimum absolute atomic E-state index is 0.0358. The molecule has 1 amide bonds. The minimum atomic E-state index is 0.0358. The van der Waals surface area contributed by atoms with E-state index in [4.69, 9.17) is 0 Å². The Morgan fingerprint density at radius 1 is 1.38 bits per heavy atom. The van der Waals surface area contributed by atoms with Crippen LogP contribution in [0, 0.1) is 0 Å². The summed E-state index contributed by atoms with van der Waals surface area (Å²) in [7, 11) is 1.53. The Morgan fingerprint density at radius 3 is 2.69 bits per heavy atom. The maximum Gasteiger partial charge on any atom is 0.215 e. The fraction of sp³-hybridized carbons (Fsp3) is 0.222. The van der Waals surface area contributed by atoms with Crippen LogP contribution in [-0.2, 0) is 0 Å². The van der Waals surface area contributed by atoms with E-state index in [1.54, 1.807) is 11.8 Å². The first-order chi connectivity index (χ1) is 6.29. The molecule has 0 aromatic heterocycles. The van der Waals surface area contributed by atoms with Gasteiger partial charge in [0, 0.05) is 17.2 Å². The van der Waals surface area contributed by atoms with Crippen LogP contribution in [0.2, 0.25) is 0 Å². The van der Waals surface area contributed by atoms with Gasteiger partial charge in [-0.15, -0.1) is 11.8 Å². The van der Waals surface area contributed by atoms with Crippen molar-refractivity contribution in [3.63, 3.8) is 0 Å². The van der Waals surface area contributed by atoms with Crippen LogP contribution in [0.5, 0.6) is 0 Å². The van der Waals surface area contributed by atoms with E-state index in [0.29, 0.717) is 0 Å². The maximum atomic E-state index is 10.5. The molecule has 4 heteroatoms. The molecule has 0 fully saturated rings. The molecule has 1 rings (SSSR count). The molecule has 0 aliphatic heterocycles. The standard InChI is InChI=1S/C9H12BNOS/c10-9(12)11-6-7-13-8-4-2-1-3-5-8/h1-5H,6-7,10H2,(H,11,12). The van der Waals surface area contributed by atoms with Crippen LogP contribution < -0.4 is 5.32 Å². The summed E-state index contributed by atoms with van der Waals surface area (Å²) >= 11 is 1.75. The van der Waals surface area contributed by atoms with Crippen molar-refractivity contribution in [2.75, 3.05) is 12.3 Å². The molecule has 1 aromatic carbocycles. The number of amides is 1. The van der Waals surface area contributed by atoms with Gasteiger partial charge in [0.05, 0.1) is 0 Å². The van der Waals surface area contributed by atoms with Crippen molar-refractivity contribution in [1.82, 2.24) is 5.32 Å². The zero-order valence-corrected chi connectivity index (χ0v) is 8.43. The summed E-state index contributed by atoms with van der Waals surface area (Å²) in [6.45, 7) is 0.731. The first-order valence-electron chi connectivity index (χ1n) is 4.21. The van der Waals surface area contributed by atoms with Crippen LogP contribution in [0.15, 0.2) is 35.2 Å². The van der Waals surface area contributed by atoms with Gasteiger partial charge in [-0.1, -0.05) is 18.2 Å². The van der Waals surface area contributed by atoms with Crippen LogP contribution in [0.25, 0.3) is 0 Å². The van der Waals surface area contributed by atoms with Crippen molar-refractivity contribution in [1.29, 1.82) is 0 Å². The summed E-state index contributed by atoms with van der Waals surface area (Å²) in [4.78, 5) is 11.8. The van der Waals surface area contributed by atoms with Crippen molar-refractivity contribution >= 4 is 25.4 Å². The van der Waals surface area contributed by atoms with Gasteiger partial charge in [0.25, 0.3) is 0 Å². The molecular weight excluding hydrogens is 181 g/mol. The number of hydrogen-bond acceptors (Lipinski definition) is 2. The Labute approximate surface area is 83.5 Å². The average molecular weight is 193 g/mol. The van der Waals surface area contributed by atoms with E-state index in [9.17, 15) is 4.79 Å². The third kappa shape index (κ3) is 4.63. The number of thioether (sulfide) groups is 1. The Hall–Kier alpha value is -0.895. The molecule has 0 aliphatic carbocycles. The van der Waals surface area contributed by atoms with Gasteiger partial charge in [0.2, 0.25) is 7.85 Å². The van der Waals surface area contributed by atoms with E-state index in [0.717, 1.165) is 12.3 Å². The Bertz CT molecular complexity index is 266. The number of hydrogen-bond donors (Lipinski definition) is 1. The van der Waals surface area contributed by atoms with E-state index in [1.807, 2.05) is 18.2 Å². The first-order valence-corrected chi connectivity index (χ1v) is 5.20. The van der Waals surface area contributed by atoms with E-state index in [-0.39, 0.29) is 5.81 Å².